The maximum atomic E-state index is 3.99. The first-order valence-corrected chi connectivity index (χ1v) is 4.04. The van der Waals surface area contributed by atoms with Crippen LogP contribution in [0.1, 0.15) is 18.1 Å². The summed E-state index contributed by atoms with van der Waals surface area (Å²) >= 11 is 0. The maximum Gasteiger partial charge on any atom is 0.0726 e. The van der Waals surface area contributed by atoms with Crippen molar-refractivity contribution in [2.45, 2.75) is 13.3 Å². The quantitative estimate of drug-likeness (QED) is 0.653. The number of nitrogens with zero attached hydrogens (tertiary/aromatic N) is 1. The normalized spacial score (nSPS) is 8.69. The highest BCUT2D eigenvalue weighted by molar-refractivity contribution is 7.59. The average Bonchev–Trinajstić information content (AvgIpc) is 2.16. The van der Waals surface area contributed by atoms with Gasteiger partial charge in [-0.2, -0.15) is 13.5 Å². The molecule has 1 aromatic carbocycles. The van der Waals surface area contributed by atoms with E-state index in [1.807, 2.05) is 18.2 Å². The standard InChI is InChI=1S/C11H13N.H2S/c1-4-9-7-6-8-10(5-2)11(9)12-3;/h4,6-8H,1,3,5H2,2H3;1H2. The topological polar surface area (TPSA) is 12.4 Å². The Hall–Kier alpha value is -1.02. The minimum absolute atomic E-state index is 0. The van der Waals surface area contributed by atoms with Gasteiger partial charge in [0.2, 0.25) is 0 Å². The molecule has 0 aliphatic heterocycles. The number of hydrogen-bond donors (Lipinski definition) is 0. The van der Waals surface area contributed by atoms with Gasteiger partial charge in [0.1, 0.15) is 0 Å². The molecule has 70 valence electrons. The zero-order chi connectivity index (χ0) is 8.97. The molecule has 1 nitrogen and oxygen atoms in total. The van der Waals surface area contributed by atoms with E-state index in [9.17, 15) is 0 Å². The Kier molecular flexibility index (Phi) is 5.16. The van der Waals surface area contributed by atoms with Gasteiger partial charge in [-0.1, -0.05) is 37.8 Å². The fraction of sp³-hybridized carbons (Fsp3) is 0.182. The smallest absolute Gasteiger partial charge is 0.0726 e. The van der Waals surface area contributed by atoms with Crippen molar-refractivity contribution in [2.24, 2.45) is 4.99 Å². The summed E-state index contributed by atoms with van der Waals surface area (Å²) in [4.78, 5) is 3.99. The van der Waals surface area contributed by atoms with Crippen LogP contribution < -0.4 is 0 Å². The maximum absolute atomic E-state index is 3.99. The molecule has 0 heterocycles. The third-order valence-corrected chi connectivity index (χ3v) is 1.91. The van der Waals surface area contributed by atoms with Crippen LogP contribution in [0.25, 0.3) is 6.08 Å². The SMILES string of the molecule is C=Cc1cccc(CC)c1N=C.S. The highest BCUT2D eigenvalue weighted by atomic mass is 32.1. The van der Waals surface area contributed by atoms with Crippen molar-refractivity contribution in [1.29, 1.82) is 0 Å². The van der Waals surface area contributed by atoms with Gasteiger partial charge >= 0.3 is 0 Å². The number of aryl methyl sites for hydroxylation is 1. The van der Waals surface area contributed by atoms with Crippen LogP contribution in [0.4, 0.5) is 5.69 Å². The van der Waals surface area contributed by atoms with Gasteiger partial charge in [-0.25, -0.2) is 0 Å². The third kappa shape index (κ3) is 2.46. The molecule has 0 bridgehead atoms. The molecular weight excluding hydrogens is 178 g/mol. The van der Waals surface area contributed by atoms with E-state index in [0.717, 1.165) is 17.7 Å². The summed E-state index contributed by atoms with van der Waals surface area (Å²) in [5.74, 6) is 0. The van der Waals surface area contributed by atoms with Gasteiger partial charge in [0, 0.05) is 0 Å². The van der Waals surface area contributed by atoms with Gasteiger partial charge in [0.05, 0.1) is 5.69 Å². The summed E-state index contributed by atoms with van der Waals surface area (Å²) in [7, 11) is 0. The Morgan fingerprint density at radius 2 is 2.15 bits per heavy atom. The van der Waals surface area contributed by atoms with E-state index in [1.165, 1.54) is 5.56 Å². The molecule has 0 N–H and O–H groups in total. The molecule has 0 aromatic heterocycles. The van der Waals surface area contributed by atoms with E-state index in [1.54, 1.807) is 0 Å². The third-order valence-electron chi connectivity index (χ3n) is 1.91. The molecular formula is C11H15NS. The van der Waals surface area contributed by atoms with Crippen LogP contribution in [0.5, 0.6) is 0 Å². The van der Waals surface area contributed by atoms with E-state index in [-0.39, 0.29) is 13.5 Å². The van der Waals surface area contributed by atoms with Crippen LogP contribution in [-0.2, 0) is 6.42 Å². The summed E-state index contributed by atoms with van der Waals surface area (Å²) in [6, 6.07) is 6.08. The van der Waals surface area contributed by atoms with Crippen molar-refractivity contribution in [2.75, 3.05) is 0 Å². The Morgan fingerprint density at radius 3 is 2.62 bits per heavy atom. The van der Waals surface area contributed by atoms with Crippen LogP contribution in [0.15, 0.2) is 29.8 Å². The molecule has 0 saturated carbocycles. The van der Waals surface area contributed by atoms with Gasteiger partial charge in [0.25, 0.3) is 0 Å². The molecule has 0 fully saturated rings. The highest BCUT2D eigenvalue weighted by Gasteiger charge is 2.00. The second-order valence-corrected chi connectivity index (χ2v) is 2.57. The van der Waals surface area contributed by atoms with Crippen LogP contribution in [0.2, 0.25) is 0 Å². The Balaban J connectivity index is 0.00000144. The second kappa shape index (κ2) is 5.60. The van der Waals surface area contributed by atoms with E-state index in [2.05, 4.69) is 31.3 Å². The monoisotopic (exact) mass is 193 g/mol. The molecule has 1 rings (SSSR count). The minimum atomic E-state index is 0. The summed E-state index contributed by atoms with van der Waals surface area (Å²) < 4.78 is 0. The summed E-state index contributed by atoms with van der Waals surface area (Å²) in [5, 5.41) is 0. The average molecular weight is 193 g/mol. The minimum Gasteiger partial charge on any atom is -0.264 e. The van der Waals surface area contributed by atoms with E-state index < -0.39 is 0 Å². The van der Waals surface area contributed by atoms with Crippen molar-refractivity contribution in [3.63, 3.8) is 0 Å². The van der Waals surface area contributed by atoms with Crippen molar-refractivity contribution in [3.8, 4) is 0 Å². The van der Waals surface area contributed by atoms with Crippen molar-refractivity contribution in [3.05, 3.63) is 35.9 Å². The zero-order valence-electron chi connectivity index (χ0n) is 7.88. The Bertz CT molecular complexity index is 305. The Morgan fingerprint density at radius 1 is 1.46 bits per heavy atom. The number of hydrogen-bond acceptors (Lipinski definition) is 1. The first kappa shape index (κ1) is 12.0. The Labute approximate surface area is 86.7 Å². The lowest BCUT2D eigenvalue weighted by Crippen LogP contribution is -1.83. The van der Waals surface area contributed by atoms with E-state index in [4.69, 9.17) is 0 Å². The molecule has 13 heavy (non-hydrogen) atoms. The molecule has 0 unspecified atom stereocenters. The molecule has 0 aliphatic carbocycles. The zero-order valence-corrected chi connectivity index (χ0v) is 8.88. The number of benzene rings is 1. The first-order valence-electron chi connectivity index (χ1n) is 4.04. The van der Waals surface area contributed by atoms with Crippen LogP contribution in [0.3, 0.4) is 0 Å². The molecule has 2 heteroatoms. The van der Waals surface area contributed by atoms with Crippen LogP contribution in [-0.4, -0.2) is 6.72 Å². The molecule has 0 atom stereocenters. The fourth-order valence-electron chi connectivity index (χ4n) is 1.25. The highest BCUT2D eigenvalue weighted by Crippen LogP contribution is 2.25. The summed E-state index contributed by atoms with van der Waals surface area (Å²) in [5.41, 5.74) is 3.25. The number of aliphatic imine (C=N–C) groups is 1. The largest absolute Gasteiger partial charge is 0.264 e. The van der Waals surface area contributed by atoms with Gasteiger partial charge in [0.15, 0.2) is 0 Å². The molecule has 0 spiro atoms. The van der Waals surface area contributed by atoms with Crippen molar-refractivity contribution < 1.29 is 0 Å². The lowest BCUT2D eigenvalue weighted by Gasteiger charge is -2.04. The number of para-hydroxylation sites is 1. The van der Waals surface area contributed by atoms with Gasteiger partial charge in [-0.3, -0.25) is 4.99 Å². The summed E-state index contributed by atoms with van der Waals surface area (Å²) in [6.07, 6.45) is 2.79. The van der Waals surface area contributed by atoms with Crippen LogP contribution >= 0.6 is 13.5 Å². The van der Waals surface area contributed by atoms with Gasteiger partial charge in [-0.05, 0) is 24.3 Å². The molecule has 0 radical (unpaired) electrons. The second-order valence-electron chi connectivity index (χ2n) is 2.57. The molecule has 1 aromatic rings. The lowest BCUT2D eigenvalue weighted by atomic mass is 10.1. The number of rotatable bonds is 3. The fourth-order valence-corrected chi connectivity index (χ4v) is 1.25. The molecule has 0 amide bonds. The van der Waals surface area contributed by atoms with Crippen LogP contribution in [0, 0.1) is 0 Å². The predicted octanol–water partition coefficient (Wildman–Crippen LogP) is 3.34. The molecule has 0 aliphatic rings. The van der Waals surface area contributed by atoms with E-state index in [0.29, 0.717) is 0 Å². The summed E-state index contributed by atoms with van der Waals surface area (Å²) in [6.45, 7) is 9.39. The van der Waals surface area contributed by atoms with Gasteiger partial charge < -0.3 is 0 Å². The van der Waals surface area contributed by atoms with Crippen molar-refractivity contribution in [1.82, 2.24) is 0 Å². The predicted molar refractivity (Wildman–Crippen MR) is 65.5 cm³/mol. The molecule has 0 saturated heterocycles. The van der Waals surface area contributed by atoms with E-state index >= 15 is 0 Å². The first-order chi connectivity index (χ1) is 5.83. The lowest BCUT2D eigenvalue weighted by molar-refractivity contribution is 1.13. The van der Waals surface area contributed by atoms with Gasteiger partial charge in [-0.15, -0.1) is 0 Å². The van der Waals surface area contributed by atoms with Crippen molar-refractivity contribution >= 4 is 32.0 Å².